The predicted molar refractivity (Wildman–Crippen MR) is 107 cm³/mol. The molecule has 2 N–H and O–H groups in total. The number of halogens is 1. The lowest BCUT2D eigenvalue weighted by molar-refractivity contribution is -0.120. The second-order valence-electron chi connectivity index (χ2n) is 6.10. The van der Waals surface area contributed by atoms with E-state index in [1.54, 1.807) is 24.4 Å². The quantitative estimate of drug-likeness (QED) is 0.532. The van der Waals surface area contributed by atoms with E-state index in [0.717, 1.165) is 10.0 Å². The molecule has 0 spiro atoms. The van der Waals surface area contributed by atoms with E-state index in [-0.39, 0.29) is 24.8 Å². The minimum atomic E-state index is -0.257. The number of rotatable bonds is 7. The third kappa shape index (κ3) is 6.11. The Morgan fingerprint density at radius 2 is 1.81 bits per heavy atom. The highest BCUT2D eigenvalue weighted by Gasteiger charge is 2.09. The Balaban J connectivity index is 1.73. The number of carbonyl (C=O) groups is 2. The molecule has 2 rings (SSSR count). The summed E-state index contributed by atoms with van der Waals surface area (Å²) in [7, 11) is 0. The first kappa shape index (κ1) is 19.8. The summed E-state index contributed by atoms with van der Waals surface area (Å²) in [5, 5.41) is 6.66. The number of hydrogen-bond donors (Lipinski definition) is 2. The first-order valence-corrected chi connectivity index (χ1v) is 9.21. The van der Waals surface area contributed by atoms with Crippen LogP contribution >= 0.6 is 15.9 Å². The van der Waals surface area contributed by atoms with E-state index in [1.165, 1.54) is 5.56 Å². The van der Waals surface area contributed by atoms with Crippen LogP contribution in [0.5, 0.6) is 0 Å². The average Bonchev–Trinajstić information content (AvgIpc) is 2.62. The normalized spacial score (nSPS) is 10.9. The first-order chi connectivity index (χ1) is 12.5. The van der Waals surface area contributed by atoms with Crippen molar-refractivity contribution in [3.63, 3.8) is 0 Å². The lowest BCUT2D eigenvalue weighted by Gasteiger charge is -2.06. The maximum atomic E-state index is 12.0. The van der Waals surface area contributed by atoms with Gasteiger partial charge in [-0.3, -0.25) is 9.59 Å². The van der Waals surface area contributed by atoms with Crippen LogP contribution in [0.2, 0.25) is 0 Å². The van der Waals surface area contributed by atoms with Crippen molar-refractivity contribution in [1.82, 2.24) is 10.7 Å². The number of hydrogen-bond acceptors (Lipinski definition) is 3. The SMILES string of the molecule is CC(C)c1ccc(/C=N/NC(=O)CCNC(=O)c2ccccc2Br)cc1. The van der Waals surface area contributed by atoms with E-state index >= 15 is 0 Å². The summed E-state index contributed by atoms with van der Waals surface area (Å²) >= 11 is 3.33. The molecule has 0 heterocycles. The minimum Gasteiger partial charge on any atom is -0.351 e. The number of carbonyl (C=O) groups excluding carboxylic acids is 2. The van der Waals surface area contributed by atoms with Crippen molar-refractivity contribution in [1.29, 1.82) is 0 Å². The van der Waals surface area contributed by atoms with Crippen LogP contribution in [0.1, 0.15) is 47.7 Å². The lowest BCUT2D eigenvalue weighted by Crippen LogP contribution is -2.29. The van der Waals surface area contributed by atoms with Crippen LogP contribution in [-0.4, -0.2) is 24.6 Å². The Morgan fingerprint density at radius 1 is 1.12 bits per heavy atom. The molecule has 0 unspecified atom stereocenters. The van der Waals surface area contributed by atoms with E-state index in [2.05, 4.69) is 45.6 Å². The molecule has 0 aliphatic heterocycles. The van der Waals surface area contributed by atoms with Crippen molar-refractivity contribution in [3.05, 3.63) is 69.7 Å². The van der Waals surface area contributed by atoms with Crippen molar-refractivity contribution >= 4 is 34.0 Å². The second-order valence-corrected chi connectivity index (χ2v) is 6.95. The Hall–Kier alpha value is -2.47. The zero-order valence-corrected chi connectivity index (χ0v) is 16.4. The Bertz CT molecular complexity index is 786. The second kappa shape index (κ2) is 9.87. The molecule has 26 heavy (non-hydrogen) atoms. The average molecular weight is 416 g/mol. The molecule has 0 bridgehead atoms. The van der Waals surface area contributed by atoms with Crippen molar-refractivity contribution in [2.24, 2.45) is 5.10 Å². The summed E-state index contributed by atoms with van der Waals surface area (Å²) in [5.74, 6) is -0.00101. The molecule has 2 aromatic carbocycles. The standard InChI is InChI=1S/C20H22BrN3O2/c1-14(2)16-9-7-15(8-10-16)13-23-24-19(25)11-12-22-20(26)17-5-3-4-6-18(17)21/h3-10,13-14H,11-12H2,1-2H3,(H,22,26)(H,24,25)/b23-13+. The predicted octanol–water partition coefficient (Wildman–Crippen LogP) is 3.84. The molecule has 136 valence electrons. The third-order valence-corrected chi connectivity index (χ3v) is 4.45. The van der Waals surface area contributed by atoms with Gasteiger partial charge in [-0.05, 0) is 45.1 Å². The van der Waals surface area contributed by atoms with Crippen molar-refractivity contribution in [2.75, 3.05) is 6.54 Å². The van der Waals surface area contributed by atoms with Crippen LogP contribution in [0.4, 0.5) is 0 Å². The van der Waals surface area contributed by atoms with Gasteiger partial charge in [-0.15, -0.1) is 0 Å². The summed E-state index contributed by atoms with van der Waals surface area (Å²) in [6.07, 6.45) is 1.75. The zero-order valence-electron chi connectivity index (χ0n) is 14.8. The number of nitrogens with zero attached hydrogens (tertiary/aromatic N) is 1. The van der Waals surface area contributed by atoms with Gasteiger partial charge < -0.3 is 5.32 Å². The van der Waals surface area contributed by atoms with Gasteiger partial charge in [0.1, 0.15) is 0 Å². The van der Waals surface area contributed by atoms with E-state index in [1.807, 2.05) is 30.3 Å². The molecule has 2 amide bonds. The topological polar surface area (TPSA) is 70.6 Å². The maximum absolute atomic E-state index is 12.0. The molecule has 0 saturated carbocycles. The van der Waals surface area contributed by atoms with Crippen LogP contribution in [0.3, 0.4) is 0 Å². The fourth-order valence-corrected chi connectivity index (χ4v) is 2.70. The Morgan fingerprint density at radius 3 is 2.46 bits per heavy atom. The Labute approximate surface area is 162 Å². The van der Waals surface area contributed by atoms with Crippen molar-refractivity contribution < 1.29 is 9.59 Å². The van der Waals surface area contributed by atoms with Gasteiger partial charge in [0.25, 0.3) is 5.91 Å². The van der Waals surface area contributed by atoms with E-state index < -0.39 is 0 Å². The van der Waals surface area contributed by atoms with E-state index in [4.69, 9.17) is 0 Å². The number of benzene rings is 2. The summed E-state index contributed by atoms with van der Waals surface area (Å²) < 4.78 is 0.718. The summed E-state index contributed by atoms with van der Waals surface area (Å²) in [6.45, 7) is 4.52. The molecule has 0 fully saturated rings. The van der Waals surface area contributed by atoms with E-state index in [9.17, 15) is 9.59 Å². The van der Waals surface area contributed by atoms with Gasteiger partial charge in [0.15, 0.2) is 0 Å². The monoisotopic (exact) mass is 415 g/mol. The van der Waals surface area contributed by atoms with Gasteiger partial charge in [-0.1, -0.05) is 50.2 Å². The number of nitrogens with one attached hydrogen (secondary N) is 2. The minimum absolute atomic E-state index is 0.153. The summed E-state index contributed by atoms with van der Waals surface area (Å²) in [5.41, 5.74) is 5.17. The van der Waals surface area contributed by atoms with Crippen LogP contribution in [0.25, 0.3) is 0 Å². The van der Waals surface area contributed by atoms with Crippen molar-refractivity contribution in [2.45, 2.75) is 26.2 Å². The van der Waals surface area contributed by atoms with Gasteiger partial charge in [-0.2, -0.15) is 5.10 Å². The van der Waals surface area contributed by atoms with Gasteiger partial charge in [-0.25, -0.2) is 5.43 Å². The highest BCUT2D eigenvalue weighted by molar-refractivity contribution is 9.10. The molecular formula is C20H22BrN3O2. The molecule has 6 heteroatoms. The highest BCUT2D eigenvalue weighted by Crippen LogP contribution is 2.15. The van der Waals surface area contributed by atoms with Gasteiger partial charge >= 0.3 is 0 Å². The third-order valence-electron chi connectivity index (χ3n) is 3.76. The van der Waals surface area contributed by atoms with Gasteiger partial charge in [0.2, 0.25) is 5.91 Å². The summed E-state index contributed by atoms with van der Waals surface area (Å²) in [4.78, 5) is 23.8. The Kier molecular flexibility index (Phi) is 7.53. The van der Waals surface area contributed by atoms with Gasteiger partial charge in [0, 0.05) is 17.4 Å². The van der Waals surface area contributed by atoms with E-state index in [0.29, 0.717) is 11.5 Å². The lowest BCUT2D eigenvalue weighted by atomic mass is 10.0. The van der Waals surface area contributed by atoms with Crippen LogP contribution in [0.15, 0.2) is 58.1 Å². The largest absolute Gasteiger partial charge is 0.351 e. The molecule has 2 aromatic rings. The molecule has 0 saturated heterocycles. The molecular weight excluding hydrogens is 394 g/mol. The van der Waals surface area contributed by atoms with Crippen LogP contribution in [-0.2, 0) is 4.79 Å². The highest BCUT2D eigenvalue weighted by atomic mass is 79.9. The summed E-state index contributed by atoms with van der Waals surface area (Å²) in [6, 6.07) is 15.2. The molecule has 0 atom stereocenters. The first-order valence-electron chi connectivity index (χ1n) is 8.42. The van der Waals surface area contributed by atoms with Crippen molar-refractivity contribution in [3.8, 4) is 0 Å². The zero-order chi connectivity index (χ0) is 18.9. The molecule has 0 aliphatic rings. The van der Waals surface area contributed by atoms with Crippen LogP contribution < -0.4 is 10.7 Å². The van der Waals surface area contributed by atoms with Crippen LogP contribution in [0, 0.1) is 0 Å². The molecule has 0 aromatic heterocycles. The fourth-order valence-electron chi connectivity index (χ4n) is 2.23. The fraction of sp³-hybridized carbons (Fsp3) is 0.250. The maximum Gasteiger partial charge on any atom is 0.252 e. The van der Waals surface area contributed by atoms with Gasteiger partial charge in [0.05, 0.1) is 11.8 Å². The smallest absolute Gasteiger partial charge is 0.252 e. The number of amides is 2. The molecule has 0 aliphatic carbocycles. The molecule has 5 nitrogen and oxygen atoms in total. The molecule has 0 radical (unpaired) electrons. The number of hydrazone groups is 1.